The molecular weight excluding hydrogens is 256 g/mol. The highest BCUT2D eigenvalue weighted by Gasteiger charge is 2.28. The van der Waals surface area contributed by atoms with Gasteiger partial charge in [-0.15, -0.1) is 0 Å². The van der Waals surface area contributed by atoms with Crippen molar-refractivity contribution in [3.8, 4) is 0 Å². The lowest BCUT2D eigenvalue weighted by atomic mass is 10.0. The van der Waals surface area contributed by atoms with Crippen LogP contribution in [-0.2, 0) is 24.4 Å². The van der Waals surface area contributed by atoms with Crippen LogP contribution in [0.25, 0.3) is 10.4 Å². The molecule has 1 aromatic carbocycles. The number of nitrogens with zero attached hydrogens (tertiary/aromatic N) is 4. The minimum Gasteiger partial charge on any atom is -0.444 e. The molecule has 0 aromatic heterocycles. The number of carbonyl (C=O) groups excluding carboxylic acids is 1. The molecule has 1 aliphatic rings. The average Bonchev–Trinajstić information content (AvgIpc) is 2.78. The van der Waals surface area contributed by atoms with Gasteiger partial charge in [-0.3, -0.25) is 4.90 Å². The molecule has 1 amide bonds. The van der Waals surface area contributed by atoms with Crippen molar-refractivity contribution in [3.05, 3.63) is 45.3 Å². The van der Waals surface area contributed by atoms with Crippen LogP contribution in [0.4, 0.5) is 4.79 Å². The predicted octanol–water partition coefficient (Wildman–Crippen LogP) is 3.75. The molecule has 0 radical (unpaired) electrons. The molecule has 1 heterocycles. The first-order valence-corrected chi connectivity index (χ1v) is 6.49. The van der Waals surface area contributed by atoms with Crippen LogP contribution in [0, 0.1) is 0 Å². The van der Waals surface area contributed by atoms with Crippen molar-refractivity contribution in [1.82, 2.24) is 4.90 Å². The summed E-state index contributed by atoms with van der Waals surface area (Å²) in [6, 6.07) is 5.82. The topological polar surface area (TPSA) is 78.3 Å². The first kappa shape index (κ1) is 14.2. The second kappa shape index (κ2) is 5.43. The first-order valence-electron chi connectivity index (χ1n) is 6.49. The molecule has 1 aliphatic heterocycles. The Hall–Kier alpha value is -2.20. The van der Waals surface area contributed by atoms with Gasteiger partial charge in [-0.2, -0.15) is 0 Å². The zero-order valence-corrected chi connectivity index (χ0v) is 12.0. The van der Waals surface area contributed by atoms with Gasteiger partial charge in [0.2, 0.25) is 0 Å². The Bertz CT molecular complexity index is 571. The Morgan fingerprint density at radius 2 is 2.20 bits per heavy atom. The van der Waals surface area contributed by atoms with Crippen LogP contribution < -0.4 is 0 Å². The van der Waals surface area contributed by atoms with Crippen LogP contribution in [0.1, 0.15) is 37.5 Å². The van der Waals surface area contributed by atoms with E-state index in [1.807, 2.05) is 39.0 Å². The van der Waals surface area contributed by atoms with Crippen molar-refractivity contribution in [3.63, 3.8) is 0 Å². The number of hydrogen-bond acceptors (Lipinski definition) is 3. The Morgan fingerprint density at radius 1 is 1.45 bits per heavy atom. The van der Waals surface area contributed by atoms with Gasteiger partial charge in [0, 0.05) is 18.0 Å². The third kappa shape index (κ3) is 3.22. The largest absolute Gasteiger partial charge is 0.444 e. The van der Waals surface area contributed by atoms with Gasteiger partial charge >= 0.3 is 6.09 Å². The number of azide groups is 1. The van der Waals surface area contributed by atoms with E-state index in [-0.39, 0.29) is 6.09 Å². The van der Waals surface area contributed by atoms with Gasteiger partial charge in [-0.1, -0.05) is 23.3 Å². The number of benzene rings is 1. The van der Waals surface area contributed by atoms with Crippen LogP contribution in [0.15, 0.2) is 23.3 Å². The summed E-state index contributed by atoms with van der Waals surface area (Å²) < 4.78 is 5.38. The lowest BCUT2D eigenvalue weighted by Crippen LogP contribution is -2.33. The molecule has 0 bridgehead atoms. The summed E-state index contributed by atoms with van der Waals surface area (Å²) >= 11 is 0. The molecule has 6 heteroatoms. The molecule has 2 rings (SSSR count). The van der Waals surface area contributed by atoms with Gasteiger partial charge in [0.05, 0.1) is 6.54 Å². The van der Waals surface area contributed by atoms with E-state index < -0.39 is 5.60 Å². The van der Waals surface area contributed by atoms with Crippen molar-refractivity contribution in [2.24, 2.45) is 5.11 Å². The number of ether oxygens (including phenoxy) is 1. The van der Waals surface area contributed by atoms with Gasteiger partial charge < -0.3 is 4.74 Å². The SMILES string of the molecule is CC(C)(C)OC(=O)N1Cc2cccc(CN=[N+]=[N-])c2C1. The minimum absolute atomic E-state index is 0.307. The zero-order chi connectivity index (χ0) is 14.8. The third-order valence-electron chi connectivity index (χ3n) is 3.04. The van der Waals surface area contributed by atoms with Crippen LogP contribution >= 0.6 is 0 Å². The summed E-state index contributed by atoms with van der Waals surface area (Å²) in [6.07, 6.45) is -0.316. The second-order valence-electron chi connectivity index (χ2n) is 5.78. The summed E-state index contributed by atoms with van der Waals surface area (Å²) in [4.78, 5) is 16.5. The highest BCUT2D eigenvalue weighted by Crippen LogP contribution is 2.27. The van der Waals surface area contributed by atoms with E-state index in [1.54, 1.807) is 4.90 Å². The first-order chi connectivity index (χ1) is 9.40. The fraction of sp³-hybridized carbons (Fsp3) is 0.500. The molecular formula is C14H18N4O2. The third-order valence-corrected chi connectivity index (χ3v) is 3.04. The summed E-state index contributed by atoms with van der Waals surface area (Å²) in [5.41, 5.74) is 11.0. The summed E-state index contributed by atoms with van der Waals surface area (Å²) in [7, 11) is 0. The summed E-state index contributed by atoms with van der Waals surface area (Å²) in [5, 5.41) is 3.59. The van der Waals surface area contributed by atoms with E-state index in [0.717, 1.165) is 16.7 Å². The standard InChI is InChI=1S/C14H18N4O2/c1-14(2,3)20-13(19)18-8-11-6-4-5-10(7-16-17-15)12(11)9-18/h4-6H,7-9H2,1-3H3. The summed E-state index contributed by atoms with van der Waals surface area (Å²) in [5.74, 6) is 0. The van der Waals surface area contributed by atoms with E-state index in [0.29, 0.717) is 19.6 Å². The maximum atomic E-state index is 12.1. The average molecular weight is 274 g/mol. The second-order valence-corrected chi connectivity index (χ2v) is 5.78. The van der Waals surface area contributed by atoms with E-state index in [2.05, 4.69) is 10.0 Å². The zero-order valence-electron chi connectivity index (χ0n) is 12.0. The number of rotatable bonds is 2. The van der Waals surface area contributed by atoms with Gasteiger partial charge in [0.1, 0.15) is 5.60 Å². The van der Waals surface area contributed by atoms with Crippen LogP contribution in [-0.4, -0.2) is 16.6 Å². The van der Waals surface area contributed by atoms with Crippen LogP contribution in [0.2, 0.25) is 0 Å². The molecule has 0 spiro atoms. The maximum Gasteiger partial charge on any atom is 0.410 e. The van der Waals surface area contributed by atoms with Gasteiger partial charge in [-0.25, -0.2) is 4.79 Å². The lowest BCUT2D eigenvalue weighted by molar-refractivity contribution is 0.0241. The fourth-order valence-electron chi connectivity index (χ4n) is 2.20. The molecule has 0 N–H and O–H groups in total. The Balaban J connectivity index is 2.14. The number of carbonyl (C=O) groups is 1. The molecule has 106 valence electrons. The van der Waals surface area contributed by atoms with Crippen molar-refractivity contribution in [2.75, 3.05) is 0 Å². The normalized spacial score (nSPS) is 13.7. The Morgan fingerprint density at radius 3 is 2.85 bits per heavy atom. The molecule has 0 saturated heterocycles. The Kier molecular flexibility index (Phi) is 3.86. The molecule has 0 unspecified atom stereocenters. The predicted molar refractivity (Wildman–Crippen MR) is 74.8 cm³/mol. The highest BCUT2D eigenvalue weighted by molar-refractivity contribution is 5.69. The molecule has 6 nitrogen and oxygen atoms in total. The number of amides is 1. The van der Waals surface area contributed by atoms with Crippen molar-refractivity contribution in [2.45, 2.75) is 46.0 Å². The highest BCUT2D eigenvalue weighted by atomic mass is 16.6. The van der Waals surface area contributed by atoms with Gasteiger partial charge in [-0.05, 0) is 43.0 Å². The molecule has 0 saturated carbocycles. The summed E-state index contributed by atoms with van der Waals surface area (Å²) in [6.45, 7) is 6.89. The number of fused-ring (bicyclic) bond motifs is 1. The van der Waals surface area contributed by atoms with Crippen molar-refractivity contribution in [1.29, 1.82) is 0 Å². The van der Waals surface area contributed by atoms with Gasteiger partial charge in [0.25, 0.3) is 0 Å². The van der Waals surface area contributed by atoms with Gasteiger partial charge in [0.15, 0.2) is 0 Å². The quantitative estimate of drug-likeness (QED) is 0.467. The molecule has 0 aliphatic carbocycles. The fourth-order valence-corrected chi connectivity index (χ4v) is 2.20. The minimum atomic E-state index is -0.500. The van der Waals surface area contributed by atoms with Crippen molar-refractivity contribution >= 4 is 6.09 Å². The molecule has 1 aromatic rings. The molecule has 0 atom stereocenters. The maximum absolute atomic E-state index is 12.1. The number of hydrogen-bond donors (Lipinski definition) is 0. The van der Waals surface area contributed by atoms with E-state index in [4.69, 9.17) is 10.3 Å². The van der Waals surface area contributed by atoms with E-state index in [9.17, 15) is 4.79 Å². The lowest BCUT2D eigenvalue weighted by Gasteiger charge is -2.24. The monoisotopic (exact) mass is 274 g/mol. The van der Waals surface area contributed by atoms with E-state index in [1.165, 1.54) is 0 Å². The molecule has 20 heavy (non-hydrogen) atoms. The van der Waals surface area contributed by atoms with Crippen molar-refractivity contribution < 1.29 is 9.53 Å². The smallest absolute Gasteiger partial charge is 0.410 e. The van der Waals surface area contributed by atoms with Crippen LogP contribution in [0.5, 0.6) is 0 Å². The molecule has 0 fully saturated rings. The Labute approximate surface area is 118 Å². The van der Waals surface area contributed by atoms with Crippen LogP contribution in [0.3, 0.4) is 0 Å². The van der Waals surface area contributed by atoms with E-state index >= 15 is 0 Å².